The zero-order valence-electron chi connectivity index (χ0n) is 10.4. The van der Waals surface area contributed by atoms with Gasteiger partial charge in [0.2, 0.25) is 5.91 Å². The second-order valence-electron chi connectivity index (χ2n) is 4.21. The molecule has 0 aliphatic heterocycles. The average Bonchev–Trinajstić information content (AvgIpc) is 2.41. The van der Waals surface area contributed by atoms with E-state index in [2.05, 4.69) is 0 Å². The van der Waals surface area contributed by atoms with Crippen LogP contribution in [0.25, 0.3) is 0 Å². The Balaban J connectivity index is 2.45. The van der Waals surface area contributed by atoms with Crippen molar-refractivity contribution in [3.05, 3.63) is 69.6 Å². The molecular weight excluding hydrogens is 260 g/mol. The molecule has 0 aliphatic rings. The number of pyridine rings is 1. The molecule has 6 heteroatoms. The summed E-state index contributed by atoms with van der Waals surface area (Å²) in [6.07, 6.45) is 1.24. The van der Waals surface area contributed by atoms with Crippen LogP contribution in [0.15, 0.2) is 47.4 Å². The van der Waals surface area contributed by atoms with E-state index >= 15 is 0 Å². The van der Waals surface area contributed by atoms with Crippen LogP contribution in [-0.4, -0.2) is 21.6 Å². The molecule has 102 valence electrons. The number of benzene rings is 1. The van der Waals surface area contributed by atoms with Crippen molar-refractivity contribution in [1.29, 1.82) is 0 Å². The van der Waals surface area contributed by atoms with Gasteiger partial charge in [0.1, 0.15) is 0 Å². The zero-order valence-corrected chi connectivity index (χ0v) is 10.4. The Morgan fingerprint density at radius 3 is 2.50 bits per heavy atom. The Bertz CT molecular complexity index is 734. The summed E-state index contributed by atoms with van der Waals surface area (Å²) in [6, 6.07) is 9.02. The van der Waals surface area contributed by atoms with E-state index in [0.29, 0.717) is 11.1 Å². The maximum Gasteiger partial charge on any atom is 0.337 e. The highest BCUT2D eigenvalue weighted by molar-refractivity contribution is 5.94. The summed E-state index contributed by atoms with van der Waals surface area (Å²) in [5.41, 5.74) is 5.78. The van der Waals surface area contributed by atoms with Crippen molar-refractivity contribution in [2.45, 2.75) is 6.54 Å². The summed E-state index contributed by atoms with van der Waals surface area (Å²) >= 11 is 0. The number of carboxylic acid groups (broad SMARTS) is 1. The van der Waals surface area contributed by atoms with Gasteiger partial charge in [0.05, 0.1) is 12.1 Å². The average molecular weight is 272 g/mol. The van der Waals surface area contributed by atoms with Crippen LogP contribution in [0.3, 0.4) is 0 Å². The van der Waals surface area contributed by atoms with E-state index in [4.69, 9.17) is 10.8 Å². The summed E-state index contributed by atoms with van der Waals surface area (Å²) in [5.74, 6) is -1.72. The molecule has 6 nitrogen and oxygen atoms in total. The van der Waals surface area contributed by atoms with E-state index in [-0.39, 0.29) is 17.7 Å². The zero-order chi connectivity index (χ0) is 14.7. The lowest BCUT2D eigenvalue weighted by atomic mass is 10.1. The summed E-state index contributed by atoms with van der Waals surface area (Å²) < 4.78 is 1.23. The highest BCUT2D eigenvalue weighted by Crippen LogP contribution is 2.09. The minimum atomic E-state index is -1.12. The van der Waals surface area contributed by atoms with Crippen molar-refractivity contribution in [2.75, 3.05) is 0 Å². The topological polar surface area (TPSA) is 102 Å². The van der Waals surface area contributed by atoms with Gasteiger partial charge in [-0.25, -0.2) is 4.79 Å². The van der Waals surface area contributed by atoms with Crippen molar-refractivity contribution in [3.63, 3.8) is 0 Å². The fraction of sp³-hybridized carbons (Fsp3) is 0.0714. The largest absolute Gasteiger partial charge is 0.478 e. The first-order valence-electron chi connectivity index (χ1n) is 5.80. The standard InChI is InChI=1S/C14H12N2O4/c15-13(18)11-4-2-1-3-9(11)7-16-8-10(14(19)20)5-6-12(16)17/h1-6,8H,7H2,(H2,15,18)(H,19,20). The number of hydrogen-bond donors (Lipinski definition) is 2. The maximum absolute atomic E-state index is 11.7. The van der Waals surface area contributed by atoms with Crippen molar-refractivity contribution in [1.82, 2.24) is 4.57 Å². The number of nitrogens with two attached hydrogens (primary N) is 1. The number of rotatable bonds is 4. The Kier molecular flexibility index (Phi) is 3.65. The molecule has 2 aromatic rings. The van der Waals surface area contributed by atoms with E-state index in [1.807, 2.05) is 0 Å². The lowest BCUT2D eigenvalue weighted by Crippen LogP contribution is -2.22. The molecule has 1 aromatic carbocycles. The third kappa shape index (κ3) is 2.74. The molecule has 1 aromatic heterocycles. The quantitative estimate of drug-likeness (QED) is 0.854. The minimum Gasteiger partial charge on any atom is -0.478 e. The summed E-state index contributed by atoms with van der Waals surface area (Å²) in [4.78, 5) is 33.9. The van der Waals surface area contributed by atoms with Gasteiger partial charge in [0.25, 0.3) is 5.56 Å². The predicted octanol–water partition coefficient (Wildman–Crippen LogP) is 0.694. The second-order valence-corrected chi connectivity index (χ2v) is 4.21. The smallest absolute Gasteiger partial charge is 0.337 e. The summed E-state index contributed by atoms with van der Waals surface area (Å²) in [5, 5.41) is 8.92. The van der Waals surface area contributed by atoms with Crippen molar-refractivity contribution >= 4 is 11.9 Å². The number of primary amides is 1. The fourth-order valence-corrected chi connectivity index (χ4v) is 1.86. The van der Waals surface area contributed by atoms with Crippen LogP contribution in [0.1, 0.15) is 26.3 Å². The molecule has 0 fully saturated rings. The number of amides is 1. The number of aromatic carboxylic acids is 1. The van der Waals surface area contributed by atoms with E-state index in [0.717, 1.165) is 0 Å². The maximum atomic E-state index is 11.7. The molecule has 0 aliphatic carbocycles. The number of carboxylic acids is 1. The number of nitrogens with zero attached hydrogens (tertiary/aromatic N) is 1. The first kappa shape index (κ1) is 13.5. The third-order valence-corrected chi connectivity index (χ3v) is 2.85. The van der Waals surface area contributed by atoms with Gasteiger partial charge >= 0.3 is 5.97 Å². The van der Waals surface area contributed by atoms with Crippen LogP contribution in [-0.2, 0) is 6.54 Å². The SMILES string of the molecule is NC(=O)c1ccccc1Cn1cc(C(=O)O)ccc1=O. The Morgan fingerprint density at radius 2 is 1.85 bits per heavy atom. The van der Waals surface area contributed by atoms with Crippen LogP contribution in [0.5, 0.6) is 0 Å². The van der Waals surface area contributed by atoms with Gasteiger partial charge < -0.3 is 15.4 Å². The van der Waals surface area contributed by atoms with Gasteiger partial charge in [-0.3, -0.25) is 9.59 Å². The number of carbonyl (C=O) groups excluding carboxylic acids is 1. The van der Waals surface area contributed by atoms with Gasteiger partial charge in [-0.1, -0.05) is 18.2 Å². The lowest BCUT2D eigenvalue weighted by molar-refractivity contribution is 0.0695. The minimum absolute atomic E-state index is 0.00107. The van der Waals surface area contributed by atoms with Gasteiger partial charge in [0.15, 0.2) is 0 Å². The summed E-state index contributed by atoms with van der Waals surface area (Å²) in [7, 11) is 0. The van der Waals surface area contributed by atoms with E-state index in [1.54, 1.807) is 24.3 Å². The van der Waals surface area contributed by atoms with E-state index < -0.39 is 11.9 Å². The van der Waals surface area contributed by atoms with Gasteiger partial charge in [-0.15, -0.1) is 0 Å². The Labute approximate surface area is 114 Å². The molecule has 0 unspecified atom stereocenters. The van der Waals surface area contributed by atoms with E-state index in [9.17, 15) is 14.4 Å². The highest BCUT2D eigenvalue weighted by atomic mass is 16.4. The molecule has 0 radical (unpaired) electrons. The van der Waals surface area contributed by atoms with Crippen molar-refractivity contribution in [3.8, 4) is 0 Å². The number of carbonyl (C=O) groups is 2. The second kappa shape index (κ2) is 5.40. The van der Waals surface area contributed by atoms with Crippen molar-refractivity contribution < 1.29 is 14.7 Å². The normalized spacial score (nSPS) is 10.2. The molecular formula is C14H12N2O4. The van der Waals surface area contributed by atoms with Crippen molar-refractivity contribution in [2.24, 2.45) is 5.73 Å². The first-order valence-corrected chi connectivity index (χ1v) is 5.80. The molecule has 0 saturated heterocycles. The number of hydrogen-bond acceptors (Lipinski definition) is 3. The van der Waals surface area contributed by atoms with Gasteiger partial charge in [-0.05, 0) is 17.7 Å². The monoisotopic (exact) mass is 272 g/mol. The first-order chi connectivity index (χ1) is 9.49. The lowest BCUT2D eigenvalue weighted by Gasteiger charge is -2.09. The van der Waals surface area contributed by atoms with Crippen LogP contribution < -0.4 is 11.3 Å². The molecule has 3 N–H and O–H groups in total. The van der Waals surface area contributed by atoms with Crippen LogP contribution >= 0.6 is 0 Å². The fourth-order valence-electron chi connectivity index (χ4n) is 1.86. The molecule has 2 rings (SSSR count). The third-order valence-electron chi connectivity index (χ3n) is 2.85. The highest BCUT2D eigenvalue weighted by Gasteiger charge is 2.10. The van der Waals surface area contributed by atoms with Gasteiger partial charge in [0, 0.05) is 17.8 Å². The molecule has 20 heavy (non-hydrogen) atoms. The molecule has 1 heterocycles. The molecule has 0 saturated carbocycles. The Hall–Kier alpha value is -2.89. The molecule has 0 spiro atoms. The molecule has 1 amide bonds. The number of aromatic nitrogens is 1. The molecule has 0 atom stereocenters. The Morgan fingerprint density at radius 1 is 1.15 bits per heavy atom. The summed E-state index contributed by atoms with van der Waals surface area (Å²) in [6.45, 7) is 0.0824. The van der Waals surface area contributed by atoms with E-state index in [1.165, 1.54) is 22.9 Å². The van der Waals surface area contributed by atoms with Crippen LogP contribution in [0.4, 0.5) is 0 Å². The predicted molar refractivity (Wildman–Crippen MR) is 71.7 cm³/mol. The van der Waals surface area contributed by atoms with Gasteiger partial charge in [-0.2, -0.15) is 0 Å². The molecule has 0 bridgehead atoms. The van der Waals surface area contributed by atoms with Crippen LogP contribution in [0.2, 0.25) is 0 Å². The van der Waals surface area contributed by atoms with Crippen LogP contribution in [0, 0.1) is 0 Å².